The summed E-state index contributed by atoms with van der Waals surface area (Å²) in [6.45, 7) is 3.87. The van der Waals surface area contributed by atoms with Gasteiger partial charge < -0.3 is 9.73 Å². The molecule has 0 spiro atoms. The number of aryl methyl sites for hydroxylation is 1. The number of halogens is 1. The lowest BCUT2D eigenvalue weighted by atomic mass is 10.1. The Morgan fingerprint density at radius 3 is 2.92 bits per heavy atom. The standard InChI is InChI=1S/C18H17BrN2O2S/c1-11-6-7-16(23-11)18-21-15(10-24-18)9-17(22)20-12(2)13-4-3-5-14(19)8-13/h3-8,10,12H,9H2,1-2H3,(H,20,22). The molecule has 2 heterocycles. The van der Waals surface area contributed by atoms with Crippen LogP contribution in [0.3, 0.4) is 0 Å². The monoisotopic (exact) mass is 404 g/mol. The minimum absolute atomic E-state index is 0.0463. The number of aromatic nitrogens is 1. The topological polar surface area (TPSA) is 55.1 Å². The van der Waals surface area contributed by atoms with Crippen LogP contribution in [0.1, 0.15) is 30.0 Å². The second-order valence-corrected chi connectivity index (χ2v) is 7.35. The Hall–Kier alpha value is -1.92. The highest BCUT2D eigenvalue weighted by Crippen LogP contribution is 2.26. The van der Waals surface area contributed by atoms with E-state index >= 15 is 0 Å². The summed E-state index contributed by atoms with van der Waals surface area (Å²) in [6, 6.07) is 11.7. The van der Waals surface area contributed by atoms with Gasteiger partial charge in [-0.1, -0.05) is 28.1 Å². The van der Waals surface area contributed by atoms with Crippen molar-refractivity contribution in [2.45, 2.75) is 26.3 Å². The second kappa shape index (κ2) is 7.32. The third kappa shape index (κ3) is 4.13. The van der Waals surface area contributed by atoms with E-state index in [1.165, 1.54) is 11.3 Å². The molecule has 0 aliphatic heterocycles. The number of hydrogen-bond acceptors (Lipinski definition) is 4. The maximum Gasteiger partial charge on any atom is 0.226 e. The average Bonchev–Trinajstić information content (AvgIpc) is 3.16. The second-order valence-electron chi connectivity index (χ2n) is 5.58. The summed E-state index contributed by atoms with van der Waals surface area (Å²) in [7, 11) is 0. The molecule has 4 nitrogen and oxygen atoms in total. The molecule has 1 atom stereocenters. The lowest BCUT2D eigenvalue weighted by Crippen LogP contribution is -2.28. The van der Waals surface area contributed by atoms with Crippen LogP contribution >= 0.6 is 27.3 Å². The summed E-state index contributed by atoms with van der Waals surface area (Å²) in [5.74, 6) is 1.55. The van der Waals surface area contributed by atoms with Gasteiger partial charge in [0.25, 0.3) is 0 Å². The smallest absolute Gasteiger partial charge is 0.226 e. The molecule has 24 heavy (non-hydrogen) atoms. The Morgan fingerprint density at radius 2 is 2.21 bits per heavy atom. The maximum absolute atomic E-state index is 12.2. The maximum atomic E-state index is 12.2. The molecule has 1 N–H and O–H groups in total. The Morgan fingerprint density at radius 1 is 1.38 bits per heavy atom. The van der Waals surface area contributed by atoms with Crippen LogP contribution in [0.2, 0.25) is 0 Å². The van der Waals surface area contributed by atoms with Gasteiger partial charge in [0.2, 0.25) is 5.91 Å². The van der Waals surface area contributed by atoms with Crippen molar-refractivity contribution in [3.8, 4) is 10.8 Å². The van der Waals surface area contributed by atoms with Gasteiger partial charge in [-0.25, -0.2) is 4.98 Å². The summed E-state index contributed by atoms with van der Waals surface area (Å²) >= 11 is 4.93. The van der Waals surface area contributed by atoms with E-state index in [0.29, 0.717) is 0 Å². The first kappa shape index (κ1) is 16.9. The minimum Gasteiger partial charge on any atom is -0.459 e. The van der Waals surface area contributed by atoms with Gasteiger partial charge in [-0.15, -0.1) is 11.3 Å². The number of benzene rings is 1. The van der Waals surface area contributed by atoms with E-state index < -0.39 is 0 Å². The van der Waals surface area contributed by atoms with Crippen molar-refractivity contribution in [3.05, 3.63) is 63.3 Å². The fraction of sp³-hybridized carbons (Fsp3) is 0.222. The summed E-state index contributed by atoms with van der Waals surface area (Å²) in [5, 5.41) is 5.70. The summed E-state index contributed by atoms with van der Waals surface area (Å²) in [6.07, 6.45) is 0.258. The van der Waals surface area contributed by atoms with Gasteiger partial charge in [0.15, 0.2) is 10.8 Å². The Bertz CT molecular complexity index is 856. The molecule has 0 bridgehead atoms. The number of rotatable bonds is 5. The van der Waals surface area contributed by atoms with Crippen molar-refractivity contribution in [1.29, 1.82) is 0 Å². The number of hydrogen-bond donors (Lipinski definition) is 1. The fourth-order valence-corrected chi connectivity index (χ4v) is 3.56. The van der Waals surface area contributed by atoms with Crippen LogP contribution in [0.5, 0.6) is 0 Å². The number of thiazole rings is 1. The van der Waals surface area contributed by atoms with Crippen LogP contribution in [-0.4, -0.2) is 10.9 Å². The van der Waals surface area contributed by atoms with Gasteiger partial charge in [0.05, 0.1) is 18.2 Å². The highest BCUT2D eigenvalue weighted by Gasteiger charge is 2.14. The van der Waals surface area contributed by atoms with Crippen LogP contribution < -0.4 is 5.32 Å². The van der Waals surface area contributed by atoms with Crippen molar-refractivity contribution in [1.82, 2.24) is 10.3 Å². The van der Waals surface area contributed by atoms with Gasteiger partial charge >= 0.3 is 0 Å². The lowest BCUT2D eigenvalue weighted by Gasteiger charge is -2.14. The van der Waals surface area contributed by atoms with E-state index in [4.69, 9.17) is 4.42 Å². The number of nitrogens with zero attached hydrogens (tertiary/aromatic N) is 1. The largest absolute Gasteiger partial charge is 0.459 e. The molecule has 3 aromatic rings. The summed E-state index contributed by atoms with van der Waals surface area (Å²) in [4.78, 5) is 16.7. The summed E-state index contributed by atoms with van der Waals surface area (Å²) in [5.41, 5.74) is 1.81. The Kier molecular flexibility index (Phi) is 5.16. The molecule has 0 radical (unpaired) electrons. The molecule has 3 rings (SSSR count). The molecule has 1 amide bonds. The minimum atomic E-state index is -0.0548. The molecule has 124 valence electrons. The zero-order valence-electron chi connectivity index (χ0n) is 13.4. The number of furan rings is 1. The Labute approximate surface area is 153 Å². The van der Waals surface area contributed by atoms with Gasteiger partial charge in [0, 0.05) is 9.85 Å². The highest BCUT2D eigenvalue weighted by molar-refractivity contribution is 9.10. The van der Waals surface area contributed by atoms with Gasteiger partial charge in [-0.3, -0.25) is 4.79 Å². The summed E-state index contributed by atoms with van der Waals surface area (Å²) < 4.78 is 6.56. The van der Waals surface area contributed by atoms with Crippen LogP contribution in [0, 0.1) is 6.92 Å². The molecule has 0 saturated heterocycles. The van der Waals surface area contributed by atoms with E-state index in [1.54, 1.807) is 0 Å². The van der Waals surface area contributed by atoms with Crippen molar-refractivity contribution in [2.24, 2.45) is 0 Å². The van der Waals surface area contributed by atoms with Crippen molar-refractivity contribution in [2.75, 3.05) is 0 Å². The van der Waals surface area contributed by atoms with Gasteiger partial charge in [-0.05, 0) is 43.7 Å². The first-order valence-corrected chi connectivity index (χ1v) is 9.24. The molecular formula is C18H17BrN2O2S. The van der Waals surface area contributed by atoms with E-state index in [0.717, 1.165) is 32.3 Å². The fourth-order valence-electron chi connectivity index (χ4n) is 2.37. The van der Waals surface area contributed by atoms with E-state index in [9.17, 15) is 4.79 Å². The predicted molar refractivity (Wildman–Crippen MR) is 99.0 cm³/mol. The van der Waals surface area contributed by atoms with E-state index in [-0.39, 0.29) is 18.4 Å². The number of carbonyl (C=O) groups excluding carboxylic acids is 1. The molecule has 0 saturated carbocycles. The number of carbonyl (C=O) groups is 1. The number of nitrogens with one attached hydrogen (secondary N) is 1. The van der Waals surface area contributed by atoms with Crippen molar-refractivity contribution in [3.63, 3.8) is 0 Å². The SMILES string of the molecule is Cc1ccc(-c2nc(CC(=O)NC(C)c3cccc(Br)c3)cs2)o1. The lowest BCUT2D eigenvalue weighted by molar-refractivity contribution is -0.121. The van der Waals surface area contributed by atoms with E-state index in [1.807, 2.05) is 55.6 Å². The van der Waals surface area contributed by atoms with Crippen LogP contribution in [0.15, 0.2) is 50.7 Å². The van der Waals surface area contributed by atoms with Crippen LogP contribution in [0.25, 0.3) is 10.8 Å². The highest BCUT2D eigenvalue weighted by atomic mass is 79.9. The van der Waals surface area contributed by atoms with Crippen molar-refractivity contribution < 1.29 is 9.21 Å². The molecule has 1 aromatic carbocycles. The molecule has 1 unspecified atom stereocenters. The molecular weight excluding hydrogens is 388 g/mol. The third-order valence-electron chi connectivity index (χ3n) is 3.57. The first-order chi connectivity index (χ1) is 11.5. The normalized spacial score (nSPS) is 12.1. The molecule has 0 aliphatic rings. The predicted octanol–water partition coefficient (Wildman–Crippen LogP) is 4.89. The Balaban J connectivity index is 1.62. The molecule has 0 fully saturated rings. The van der Waals surface area contributed by atoms with Crippen molar-refractivity contribution >= 4 is 33.2 Å². The van der Waals surface area contributed by atoms with Crippen LogP contribution in [0.4, 0.5) is 0 Å². The van der Waals surface area contributed by atoms with Gasteiger partial charge in [0.1, 0.15) is 5.76 Å². The first-order valence-electron chi connectivity index (χ1n) is 7.57. The molecule has 6 heteroatoms. The number of amides is 1. The third-order valence-corrected chi connectivity index (χ3v) is 4.97. The molecule has 0 aliphatic carbocycles. The average molecular weight is 405 g/mol. The molecule has 2 aromatic heterocycles. The zero-order chi connectivity index (χ0) is 17.1. The van der Waals surface area contributed by atoms with Crippen LogP contribution in [-0.2, 0) is 11.2 Å². The van der Waals surface area contributed by atoms with Gasteiger partial charge in [-0.2, -0.15) is 0 Å². The van der Waals surface area contributed by atoms with E-state index in [2.05, 4.69) is 26.2 Å². The zero-order valence-corrected chi connectivity index (χ0v) is 15.8. The quantitative estimate of drug-likeness (QED) is 0.657.